The number of carbonyl (C=O) groups is 1. The van der Waals surface area contributed by atoms with E-state index in [0.29, 0.717) is 0 Å². The number of hydrogen-bond acceptors (Lipinski definition) is 4. The normalized spacial score (nSPS) is 11.2. The van der Waals surface area contributed by atoms with Gasteiger partial charge in [0.1, 0.15) is 4.90 Å². The molecular weight excluding hydrogens is 365 g/mol. The molecule has 0 aliphatic carbocycles. The van der Waals surface area contributed by atoms with E-state index in [1.54, 1.807) is 11.6 Å². The number of carbonyl (C=O) groups excluding carboxylic acids is 1. The number of amides is 2. The fourth-order valence-corrected chi connectivity index (χ4v) is 2.78. The second-order valence-corrected chi connectivity index (χ2v) is 6.21. The Labute approximate surface area is 122 Å². The summed E-state index contributed by atoms with van der Waals surface area (Å²) in [5.74, 6) is -1.19. The number of nitrogens with two attached hydrogens (primary N) is 1. The highest BCUT2D eigenvalue weighted by atomic mass is 79.9. The molecule has 0 atom stereocenters. The van der Waals surface area contributed by atoms with Gasteiger partial charge in [-0.05, 0) is 28.9 Å². The quantitative estimate of drug-likeness (QED) is 0.555. The molecule has 0 radical (unpaired) electrons. The maximum Gasteiger partial charge on any atom is 0.328 e. The van der Waals surface area contributed by atoms with Crippen LogP contribution >= 0.6 is 27.5 Å². The van der Waals surface area contributed by atoms with Gasteiger partial charge in [-0.15, -0.1) is 0 Å². The molecule has 0 aliphatic rings. The zero-order chi connectivity index (χ0) is 14.8. The molecule has 19 heavy (non-hydrogen) atoms. The van der Waals surface area contributed by atoms with Crippen LogP contribution in [0.15, 0.2) is 15.4 Å². The lowest BCUT2D eigenvalue weighted by Crippen LogP contribution is -2.39. The Bertz CT molecular complexity index is 624. The molecule has 0 saturated carbocycles. The third-order valence-corrected chi connectivity index (χ3v) is 4.72. The summed E-state index contributed by atoms with van der Waals surface area (Å²) in [5, 5.41) is 2.12. The van der Waals surface area contributed by atoms with Gasteiger partial charge in [0.05, 0.1) is 15.2 Å². The third-order valence-electron chi connectivity index (χ3n) is 2.01. The second-order valence-electron chi connectivity index (χ2n) is 3.36. The van der Waals surface area contributed by atoms with Crippen LogP contribution in [0.1, 0.15) is 6.92 Å². The minimum absolute atomic E-state index is 0.0450. The van der Waals surface area contributed by atoms with Crippen LogP contribution in [0.25, 0.3) is 0 Å². The smallest absolute Gasteiger partial charge is 0.328 e. The topological polar surface area (TPSA) is 101 Å². The predicted molar refractivity (Wildman–Crippen MR) is 72.9 cm³/mol. The Balaban J connectivity index is 3.27. The van der Waals surface area contributed by atoms with Crippen LogP contribution in [0, 0.1) is 5.82 Å². The van der Waals surface area contributed by atoms with Crippen molar-refractivity contribution in [2.45, 2.75) is 11.8 Å². The van der Waals surface area contributed by atoms with E-state index in [4.69, 9.17) is 17.3 Å². The first-order valence-electron chi connectivity index (χ1n) is 4.94. The maximum atomic E-state index is 13.8. The second kappa shape index (κ2) is 5.93. The predicted octanol–water partition coefficient (Wildman–Crippen LogP) is 1.83. The number of sulfonamides is 1. The summed E-state index contributed by atoms with van der Waals surface area (Å²) >= 11 is 8.62. The van der Waals surface area contributed by atoms with E-state index in [-0.39, 0.29) is 16.0 Å². The van der Waals surface area contributed by atoms with E-state index in [2.05, 4.69) is 21.2 Å². The molecule has 10 heteroatoms. The van der Waals surface area contributed by atoms with Crippen molar-refractivity contribution in [2.24, 2.45) is 0 Å². The molecule has 106 valence electrons. The van der Waals surface area contributed by atoms with Gasteiger partial charge in [-0.2, -0.15) is 0 Å². The Morgan fingerprint density at radius 3 is 2.68 bits per heavy atom. The zero-order valence-electron chi connectivity index (χ0n) is 9.63. The van der Waals surface area contributed by atoms with E-state index in [9.17, 15) is 17.6 Å². The van der Waals surface area contributed by atoms with Crippen molar-refractivity contribution < 1.29 is 17.6 Å². The van der Waals surface area contributed by atoms with Gasteiger partial charge in [-0.3, -0.25) is 0 Å². The molecule has 1 rings (SSSR count). The molecule has 0 spiro atoms. The van der Waals surface area contributed by atoms with Crippen molar-refractivity contribution in [3.63, 3.8) is 0 Å². The molecule has 0 heterocycles. The molecule has 0 saturated heterocycles. The van der Waals surface area contributed by atoms with Crippen LogP contribution in [-0.2, 0) is 10.0 Å². The van der Waals surface area contributed by atoms with Crippen LogP contribution in [0.5, 0.6) is 0 Å². The molecule has 1 aromatic carbocycles. The summed E-state index contributed by atoms with van der Waals surface area (Å²) < 4.78 is 39.1. The average molecular weight is 375 g/mol. The number of urea groups is 1. The summed E-state index contributed by atoms with van der Waals surface area (Å²) in [6, 6.07) is -0.113. The lowest BCUT2D eigenvalue weighted by Gasteiger charge is -2.11. The van der Waals surface area contributed by atoms with Crippen LogP contribution in [0.3, 0.4) is 0 Å². The van der Waals surface area contributed by atoms with E-state index < -0.39 is 32.5 Å². The highest BCUT2D eigenvalue weighted by Crippen LogP contribution is 2.34. The molecule has 6 nitrogen and oxygen atoms in total. The molecule has 4 N–H and O–H groups in total. The number of halogens is 3. The lowest BCUT2D eigenvalue weighted by atomic mass is 10.3. The fraction of sp³-hybridized carbons (Fsp3) is 0.222. The lowest BCUT2D eigenvalue weighted by molar-refractivity contribution is 0.246. The van der Waals surface area contributed by atoms with Crippen LogP contribution < -0.4 is 15.8 Å². The first-order chi connectivity index (χ1) is 8.70. The van der Waals surface area contributed by atoms with Gasteiger partial charge in [0.15, 0.2) is 5.82 Å². The Kier molecular flexibility index (Phi) is 4.99. The molecule has 0 unspecified atom stereocenters. The number of nitrogen functional groups attached to an aromatic ring is 1. The van der Waals surface area contributed by atoms with E-state index in [0.717, 1.165) is 6.07 Å². The van der Waals surface area contributed by atoms with Crippen LogP contribution in [0.2, 0.25) is 5.02 Å². The highest BCUT2D eigenvalue weighted by molar-refractivity contribution is 9.10. The van der Waals surface area contributed by atoms with Gasteiger partial charge >= 0.3 is 6.03 Å². The Hall–Kier alpha value is -1.06. The van der Waals surface area contributed by atoms with Crippen molar-refractivity contribution in [3.8, 4) is 0 Å². The SMILES string of the molecule is CCNC(=O)NS(=O)(=O)c1cc(Cl)c(Br)c(N)c1F. The first-order valence-corrected chi connectivity index (χ1v) is 7.59. The molecule has 0 bridgehead atoms. The number of nitrogens with one attached hydrogen (secondary N) is 2. The van der Waals surface area contributed by atoms with Gasteiger partial charge in [0.25, 0.3) is 10.0 Å². The standard InChI is InChI=1S/C9H10BrClFN3O3S/c1-2-14-9(16)15-19(17,18)5-3-4(11)6(10)8(13)7(5)12/h3H,2,13H2,1H3,(H2,14,15,16). The molecule has 0 fully saturated rings. The number of anilines is 1. The Morgan fingerprint density at radius 1 is 1.58 bits per heavy atom. The molecule has 0 aliphatic heterocycles. The Morgan fingerprint density at radius 2 is 2.16 bits per heavy atom. The summed E-state index contributed by atoms with van der Waals surface area (Å²) in [7, 11) is -4.40. The number of rotatable bonds is 3. The zero-order valence-corrected chi connectivity index (χ0v) is 12.8. The first kappa shape index (κ1) is 16.0. The maximum absolute atomic E-state index is 13.8. The van der Waals surface area contributed by atoms with Crippen LogP contribution in [-0.4, -0.2) is 21.0 Å². The summed E-state index contributed by atoms with van der Waals surface area (Å²) in [6.07, 6.45) is 0. The van der Waals surface area contributed by atoms with Crippen molar-refractivity contribution in [1.82, 2.24) is 10.0 Å². The molecular formula is C9H10BrClFN3O3S. The molecule has 0 aromatic heterocycles. The summed E-state index contributed by atoms with van der Waals surface area (Å²) in [4.78, 5) is 10.4. The molecule has 2 amide bonds. The van der Waals surface area contributed by atoms with Crippen molar-refractivity contribution in [3.05, 3.63) is 21.4 Å². The minimum atomic E-state index is -4.40. The minimum Gasteiger partial charge on any atom is -0.395 e. The third kappa shape index (κ3) is 3.48. The van der Waals surface area contributed by atoms with E-state index in [1.165, 1.54) is 0 Å². The highest BCUT2D eigenvalue weighted by Gasteiger charge is 2.25. The fourth-order valence-electron chi connectivity index (χ4n) is 1.17. The number of benzene rings is 1. The summed E-state index contributed by atoms with van der Waals surface area (Å²) in [5.41, 5.74) is 4.92. The summed E-state index contributed by atoms with van der Waals surface area (Å²) in [6.45, 7) is 1.81. The van der Waals surface area contributed by atoms with Gasteiger partial charge in [-0.25, -0.2) is 22.3 Å². The van der Waals surface area contributed by atoms with Crippen molar-refractivity contribution in [2.75, 3.05) is 12.3 Å². The largest absolute Gasteiger partial charge is 0.395 e. The molecule has 1 aromatic rings. The monoisotopic (exact) mass is 373 g/mol. The average Bonchev–Trinajstić information content (AvgIpc) is 2.30. The number of hydrogen-bond donors (Lipinski definition) is 3. The van der Waals surface area contributed by atoms with E-state index >= 15 is 0 Å². The van der Waals surface area contributed by atoms with Crippen LogP contribution in [0.4, 0.5) is 14.9 Å². The van der Waals surface area contributed by atoms with Crippen molar-refractivity contribution >= 4 is 49.3 Å². The van der Waals surface area contributed by atoms with Crippen molar-refractivity contribution in [1.29, 1.82) is 0 Å². The van der Waals surface area contributed by atoms with Gasteiger partial charge in [-0.1, -0.05) is 11.6 Å². The van der Waals surface area contributed by atoms with E-state index in [1.807, 2.05) is 0 Å². The van der Waals surface area contributed by atoms with Gasteiger partial charge < -0.3 is 11.1 Å². The van der Waals surface area contributed by atoms with Gasteiger partial charge in [0, 0.05) is 6.54 Å². The van der Waals surface area contributed by atoms with Gasteiger partial charge in [0.2, 0.25) is 0 Å².